The Kier molecular flexibility index (Phi) is 11.3. The lowest BCUT2D eigenvalue weighted by Crippen LogP contribution is -2.48. The zero-order valence-corrected chi connectivity index (χ0v) is 22.3. The van der Waals surface area contributed by atoms with E-state index in [-0.39, 0.29) is 16.9 Å². The van der Waals surface area contributed by atoms with Crippen LogP contribution in [-0.2, 0) is 14.4 Å². The van der Waals surface area contributed by atoms with E-state index in [4.69, 9.17) is 16.2 Å². The third-order valence-electron chi connectivity index (χ3n) is 5.93. The predicted octanol–water partition coefficient (Wildman–Crippen LogP) is 2.12. The minimum atomic E-state index is -1.37. The maximum Gasteiger partial charge on any atom is 0.305 e. The molecule has 2 rings (SSSR count). The number of nitrogens with one attached hydrogen (secondary N) is 3. The van der Waals surface area contributed by atoms with Gasteiger partial charge in [0.1, 0.15) is 11.8 Å². The molecule has 0 saturated carbocycles. The summed E-state index contributed by atoms with van der Waals surface area (Å²) in [5.41, 5.74) is 11.8. The van der Waals surface area contributed by atoms with Crippen molar-refractivity contribution in [3.8, 4) is 5.75 Å². The normalized spacial score (nSPS) is 11.6. The Morgan fingerprint density at radius 1 is 1.08 bits per heavy atom. The number of ether oxygens (including phenoxy) is 1. The molecule has 0 unspecified atom stereocenters. The second kappa shape index (κ2) is 14.4. The standard InChI is InChI=1S/C27H36N6O6/c1-4-27(2,3)12-13-39-20-10-8-18(9-11-20)31-25(38)21(15-23(35)36)33-22(34)16-30-24(37)17-6-5-7-19(14-17)32-26(28)29/h5-11,14,21H,4,12-13,15-16H2,1-3H3,(H,30,37)(H,31,38)(H,33,34)(H,35,36)(H4,28,29,32)/t21-/m0/s1. The van der Waals surface area contributed by atoms with Crippen molar-refractivity contribution in [3.63, 3.8) is 0 Å². The minimum absolute atomic E-state index is 0.175. The number of hydrogen-bond acceptors (Lipinski definition) is 6. The molecule has 210 valence electrons. The summed E-state index contributed by atoms with van der Waals surface area (Å²) in [4.78, 5) is 52.7. The number of hydrogen-bond donors (Lipinski definition) is 6. The summed E-state index contributed by atoms with van der Waals surface area (Å²) in [5.74, 6) is -2.88. The molecule has 0 aliphatic carbocycles. The van der Waals surface area contributed by atoms with Gasteiger partial charge >= 0.3 is 5.97 Å². The van der Waals surface area contributed by atoms with Crippen LogP contribution in [0.4, 0.5) is 11.4 Å². The molecular formula is C27H36N6O6. The van der Waals surface area contributed by atoms with Crippen LogP contribution in [0.3, 0.4) is 0 Å². The molecule has 39 heavy (non-hydrogen) atoms. The molecule has 0 radical (unpaired) electrons. The molecule has 0 aromatic heterocycles. The number of aliphatic carboxylic acids is 1. The Morgan fingerprint density at radius 2 is 1.77 bits per heavy atom. The van der Waals surface area contributed by atoms with Crippen LogP contribution in [0.15, 0.2) is 53.5 Å². The van der Waals surface area contributed by atoms with E-state index in [1.165, 1.54) is 12.1 Å². The van der Waals surface area contributed by atoms with E-state index in [2.05, 4.69) is 41.7 Å². The first-order valence-corrected chi connectivity index (χ1v) is 12.4. The molecule has 2 aromatic rings. The van der Waals surface area contributed by atoms with Crippen LogP contribution >= 0.6 is 0 Å². The average molecular weight is 541 g/mol. The summed E-state index contributed by atoms with van der Waals surface area (Å²) in [6.45, 7) is 6.53. The molecule has 12 heteroatoms. The van der Waals surface area contributed by atoms with E-state index < -0.39 is 42.7 Å². The average Bonchev–Trinajstić information content (AvgIpc) is 2.87. The molecular weight excluding hydrogens is 504 g/mol. The van der Waals surface area contributed by atoms with Gasteiger partial charge in [0.05, 0.1) is 25.3 Å². The predicted molar refractivity (Wildman–Crippen MR) is 148 cm³/mol. The second-order valence-electron chi connectivity index (χ2n) is 9.62. The largest absolute Gasteiger partial charge is 0.494 e. The zero-order valence-electron chi connectivity index (χ0n) is 22.3. The van der Waals surface area contributed by atoms with Crippen molar-refractivity contribution in [3.05, 3.63) is 54.1 Å². The van der Waals surface area contributed by atoms with Gasteiger partial charge in [-0.15, -0.1) is 0 Å². The number of benzene rings is 2. The van der Waals surface area contributed by atoms with Gasteiger partial charge in [0.15, 0.2) is 5.96 Å². The van der Waals surface area contributed by atoms with E-state index in [0.29, 0.717) is 23.7 Å². The van der Waals surface area contributed by atoms with Gasteiger partial charge < -0.3 is 37.3 Å². The number of carboxylic acids is 1. The summed E-state index contributed by atoms with van der Waals surface area (Å²) >= 11 is 0. The van der Waals surface area contributed by atoms with Crippen LogP contribution in [0, 0.1) is 5.41 Å². The molecule has 0 aliphatic heterocycles. The maximum absolute atomic E-state index is 12.7. The number of carbonyl (C=O) groups is 4. The monoisotopic (exact) mass is 540 g/mol. The Balaban J connectivity index is 1.92. The second-order valence-corrected chi connectivity index (χ2v) is 9.62. The Labute approximate surface area is 227 Å². The van der Waals surface area contributed by atoms with Crippen LogP contribution < -0.4 is 32.2 Å². The van der Waals surface area contributed by atoms with E-state index in [1.807, 2.05) is 0 Å². The fourth-order valence-electron chi connectivity index (χ4n) is 3.24. The molecule has 0 saturated heterocycles. The van der Waals surface area contributed by atoms with E-state index >= 15 is 0 Å². The summed E-state index contributed by atoms with van der Waals surface area (Å²) in [6.07, 6.45) is 1.28. The highest BCUT2D eigenvalue weighted by Crippen LogP contribution is 2.25. The molecule has 0 spiro atoms. The van der Waals surface area contributed by atoms with Gasteiger partial charge in [-0.2, -0.15) is 0 Å². The first-order chi connectivity index (χ1) is 18.4. The quantitative estimate of drug-likeness (QED) is 0.155. The van der Waals surface area contributed by atoms with Gasteiger partial charge in [0.2, 0.25) is 11.8 Å². The van der Waals surface area contributed by atoms with E-state index in [0.717, 1.165) is 12.8 Å². The number of guanidine groups is 1. The van der Waals surface area contributed by atoms with Crippen molar-refractivity contribution < 1.29 is 29.0 Å². The molecule has 0 heterocycles. The van der Waals surface area contributed by atoms with Crippen molar-refractivity contribution in [2.45, 2.75) is 46.1 Å². The lowest BCUT2D eigenvalue weighted by Gasteiger charge is -2.22. The van der Waals surface area contributed by atoms with Crippen LogP contribution in [-0.4, -0.2) is 54.0 Å². The van der Waals surface area contributed by atoms with Crippen LogP contribution in [0.5, 0.6) is 5.75 Å². The zero-order chi connectivity index (χ0) is 29.0. The van der Waals surface area contributed by atoms with Gasteiger partial charge in [-0.25, -0.2) is 4.99 Å². The van der Waals surface area contributed by atoms with Gasteiger partial charge in [-0.1, -0.05) is 33.3 Å². The summed E-state index contributed by atoms with van der Waals surface area (Å²) < 4.78 is 5.76. The lowest BCUT2D eigenvalue weighted by molar-refractivity contribution is -0.139. The SMILES string of the molecule is CCC(C)(C)CCOc1ccc(NC(=O)[C@H](CC(=O)O)NC(=O)CNC(=O)c2cccc(N=C(N)N)c2)cc1. The molecule has 0 fully saturated rings. The molecule has 8 N–H and O–H groups in total. The smallest absolute Gasteiger partial charge is 0.305 e. The van der Waals surface area contributed by atoms with Crippen LogP contribution in [0.2, 0.25) is 0 Å². The fraction of sp³-hybridized carbons (Fsp3) is 0.370. The van der Waals surface area contributed by atoms with E-state index in [1.54, 1.807) is 36.4 Å². The highest BCUT2D eigenvalue weighted by atomic mass is 16.5. The Bertz CT molecular complexity index is 1190. The summed E-state index contributed by atoms with van der Waals surface area (Å²) in [5, 5.41) is 16.6. The van der Waals surface area contributed by atoms with Gasteiger partial charge in [-0.05, 0) is 54.3 Å². The van der Waals surface area contributed by atoms with Crippen molar-refractivity contribution in [1.29, 1.82) is 0 Å². The Morgan fingerprint density at radius 3 is 2.38 bits per heavy atom. The number of amides is 3. The molecule has 12 nitrogen and oxygen atoms in total. The highest BCUT2D eigenvalue weighted by molar-refractivity contribution is 6.00. The summed E-state index contributed by atoms with van der Waals surface area (Å²) in [6, 6.07) is 11.3. The van der Waals surface area contributed by atoms with Crippen molar-refractivity contribution in [2.24, 2.45) is 21.9 Å². The third kappa shape index (κ3) is 11.1. The molecule has 1 atom stereocenters. The maximum atomic E-state index is 12.7. The van der Waals surface area contributed by atoms with E-state index in [9.17, 15) is 24.3 Å². The third-order valence-corrected chi connectivity index (χ3v) is 5.93. The molecule has 3 amide bonds. The number of carbonyl (C=O) groups excluding carboxylic acids is 3. The summed E-state index contributed by atoms with van der Waals surface area (Å²) in [7, 11) is 0. The van der Waals surface area contributed by atoms with Crippen molar-refractivity contribution >= 4 is 41.0 Å². The molecule has 2 aromatic carbocycles. The number of nitrogens with two attached hydrogens (primary N) is 2. The fourth-order valence-corrected chi connectivity index (χ4v) is 3.24. The van der Waals surface area contributed by atoms with Crippen molar-refractivity contribution in [2.75, 3.05) is 18.5 Å². The Hall–Kier alpha value is -4.61. The lowest BCUT2D eigenvalue weighted by atomic mass is 9.87. The number of nitrogens with zero attached hydrogens (tertiary/aromatic N) is 1. The highest BCUT2D eigenvalue weighted by Gasteiger charge is 2.24. The number of anilines is 1. The topological polar surface area (TPSA) is 198 Å². The first kappa shape index (κ1) is 30.6. The van der Waals surface area contributed by atoms with Crippen LogP contribution in [0.25, 0.3) is 0 Å². The van der Waals surface area contributed by atoms with Gasteiger partial charge in [-0.3, -0.25) is 19.2 Å². The number of aliphatic imine (C=N–C) groups is 1. The first-order valence-electron chi connectivity index (χ1n) is 12.4. The number of rotatable bonds is 14. The van der Waals surface area contributed by atoms with Gasteiger partial charge in [0.25, 0.3) is 5.91 Å². The van der Waals surface area contributed by atoms with Gasteiger partial charge in [0, 0.05) is 11.3 Å². The number of carboxylic acid groups (broad SMARTS) is 1. The minimum Gasteiger partial charge on any atom is -0.494 e. The van der Waals surface area contributed by atoms with Crippen LogP contribution in [0.1, 0.15) is 50.4 Å². The molecule has 0 aliphatic rings. The molecule has 0 bridgehead atoms. The van der Waals surface area contributed by atoms with Crippen molar-refractivity contribution in [1.82, 2.24) is 10.6 Å².